The number of hydrogen-bond donors (Lipinski definition) is 0. The number of rotatable bonds is 6. The molecule has 6 aliphatic rings. The van der Waals surface area contributed by atoms with E-state index in [4.69, 9.17) is 0 Å². The van der Waals surface area contributed by atoms with Crippen LogP contribution in [0.2, 0.25) is 0 Å². The summed E-state index contributed by atoms with van der Waals surface area (Å²) < 4.78 is 98.5. The summed E-state index contributed by atoms with van der Waals surface area (Å²) in [4.78, 5) is 0.527. The molecule has 0 bridgehead atoms. The molecule has 0 saturated heterocycles. The molecule has 16 heteroatoms. The van der Waals surface area contributed by atoms with Crippen molar-refractivity contribution in [2.45, 2.75) is 123 Å². The van der Waals surface area contributed by atoms with Crippen molar-refractivity contribution in [3.8, 4) is 22.3 Å². The molecule has 370 valence electrons. The van der Waals surface area contributed by atoms with Crippen LogP contribution < -0.4 is 0 Å². The largest absolute Gasteiger partial charge is 0.714 e. The van der Waals surface area contributed by atoms with Gasteiger partial charge in [-0.1, -0.05) is 106 Å². The fourth-order valence-electron chi connectivity index (χ4n) is 11.0. The second-order valence-electron chi connectivity index (χ2n) is 21.9. The van der Waals surface area contributed by atoms with Crippen LogP contribution in [0.5, 0.6) is 0 Å². The van der Waals surface area contributed by atoms with Crippen LogP contribution in [-0.2, 0) is 10.4 Å². The highest BCUT2D eigenvalue weighted by Gasteiger charge is 2.85. The zero-order valence-electron chi connectivity index (χ0n) is 41.2. The Labute approximate surface area is 417 Å². The van der Waals surface area contributed by atoms with Gasteiger partial charge in [0.15, 0.2) is 11.1 Å². The molecule has 0 amide bonds. The quantitative estimate of drug-likeness (QED) is 0.108. The van der Waals surface area contributed by atoms with Crippen LogP contribution in [0.3, 0.4) is 0 Å². The highest BCUT2D eigenvalue weighted by atomic mass is 32.2. The molecule has 0 spiro atoms. The van der Waals surface area contributed by atoms with Gasteiger partial charge in [0.25, 0.3) is 0 Å². The Hall–Kier alpha value is -5.42. The van der Waals surface area contributed by atoms with E-state index in [1.54, 1.807) is 156 Å². The van der Waals surface area contributed by atoms with Crippen LogP contribution >= 0.6 is 23.5 Å². The molecular weight excluding hydrogens is 959 g/mol. The Morgan fingerprint density at radius 2 is 0.662 bits per heavy atom. The summed E-state index contributed by atoms with van der Waals surface area (Å²) in [6.45, 7) is 20.7. The number of thioether (sulfide) groups is 2. The molecule has 4 aliphatic heterocycles. The molecule has 0 unspecified atom stereocenters. The van der Waals surface area contributed by atoms with Crippen molar-refractivity contribution in [1.29, 1.82) is 0 Å². The van der Waals surface area contributed by atoms with Gasteiger partial charge in [0.1, 0.15) is 11.1 Å². The first-order chi connectivity index (χ1) is 32.8. The summed E-state index contributed by atoms with van der Waals surface area (Å²) in [5.41, 5.74) is -3.27. The van der Waals surface area contributed by atoms with E-state index in [1.165, 1.54) is 0 Å². The lowest BCUT2D eigenvalue weighted by molar-refractivity contribution is -0.539. The number of halogens is 6. The zero-order chi connectivity index (χ0) is 51.9. The molecule has 1 saturated carbocycles. The number of benzene rings is 4. The second kappa shape index (κ2) is 14.9. The minimum atomic E-state index is -5.71. The maximum Gasteiger partial charge on any atom is 0.380 e. The van der Waals surface area contributed by atoms with Crippen molar-refractivity contribution in [3.63, 3.8) is 0 Å². The van der Waals surface area contributed by atoms with E-state index < -0.39 is 61.9 Å². The number of alkyl halides is 6. The van der Waals surface area contributed by atoms with Crippen LogP contribution in [-0.4, -0.2) is 71.2 Å². The molecule has 4 aromatic rings. The molecular formula is C55H52F6N4O4S2. The third kappa shape index (κ3) is 5.87. The van der Waals surface area contributed by atoms with E-state index in [9.17, 15) is 20.8 Å². The predicted molar refractivity (Wildman–Crippen MR) is 266 cm³/mol. The lowest BCUT2D eigenvalue weighted by Gasteiger charge is -2.49. The molecule has 71 heavy (non-hydrogen) atoms. The average Bonchev–Trinajstić information content (AvgIpc) is 3.87. The molecule has 0 aromatic heterocycles. The van der Waals surface area contributed by atoms with Crippen LogP contribution in [0.15, 0.2) is 129 Å². The van der Waals surface area contributed by atoms with Gasteiger partial charge < -0.3 is 10.4 Å². The summed E-state index contributed by atoms with van der Waals surface area (Å²) in [5, 5.41) is 54.6. The summed E-state index contributed by atoms with van der Waals surface area (Å²) in [6, 6.07) is 28.3. The minimum absolute atomic E-state index is 0.00596. The van der Waals surface area contributed by atoms with Crippen LogP contribution in [0.4, 0.5) is 26.3 Å². The molecule has 2 radical (unpaired) electrons. The van der Waals surface area contributed by atoms with Crippen molar-refractivity contribution in [2.75, 3.05) is 0 Å². The molecule has 4 heterocycles. The van der Waals surface area contributed by atoms with Gasteiger partial charge in [-0.2, -0.15) is 26.3 Å². The van der Waals surface area contributed by atoms with Gasteiger partial charge >= 0.3 is 29.4 Å². The van der Waals surface area contributed by atoms with Gasteiger partial charge in [-0.05, 0) is 152 Å². The van der Waals surface area contributed by atoms with Crippen LogP contribution in [0, 0.1) is 21.2 Å². The van der Waals surface area contributed by atoms with E-state index in [-0.39, 0.29) is 21.5 Å². The third-order valence-electron chi connectivity index (χ3n) is 17.7. The van der Waals surface area contributed by atoms with Gasteiger partial charge in [0, 0.05) is 52.0 Å². The third-order valence-corrected chi connectivity index (χ3v) is 20.8. The highest BCUT2D eigenvalue weighted by molar-refractivity contribution is 8.13. The van der Waals surface area contributed by atoms with Crippen LogP contribution in [0.1, 0.15) is 105 Å². The standard InChI is InChI=1S/C55H52F6N4O4S2/c1-29-41(35-21-13-31(14-22-35)33-17-25-37(26-18-33)45-62(66)47(3,4)48(5,6)63(45)67)70-43-39-40(54(58,59)55(60,61)53(39,56)57)44-52(12,51(29,43)11)30(2)42(71-44)36-23-15-32(16-24-36)34-19-27-38(28-20-34)46-64(68)49(7,8)50(9,10)65(46)69/h13-28H,1-12H3/t51-,52-/m1/s1. The number of fused-ring (bicyclic) bond motifs is 4. The Morgan fingerprint density at radius 1 is 0.423 bits per heavy atom. The Balaban J connectivity index is 1.01. The van der Waals surface area contributed by atoms with Gasteiger partial charge in [0.05, 0.1) is 11.1 Å². The fourth-order valence-corrected chi connectivity index (χ4v) is 14.4. The van der Waals surface area contributed by atoms with Crippen molar-refractivity contribution in [3.05, 3.63) is 162 Å². The van der Waals surface area contributed by atoms with E-state index in [2.05, 4.69) is 0 Å². The normalized spacial score (nSPS) is 27.4. The molecule has 0 N–H and O–H groups in total. The Bertz CT molecular complexity index is 2990. The van der Waals surface area contributed by atoms with Gasteiger partial charge in [-0.15, -0.1) is 0 Å². The number of amidine groups is 2. The number of hydroxylamine groups is 6. The van der Waals surface area contributed by atoms with Crippen molar-refractivity contribution < 1.29 is 46.2 Å². The summed E-state index contributed by atoms with van der Waals surface area (Å²) in [5.74, 6) is -16.1. The SMILES string of the molecule is CC1=C(c2ccc(-c3ccc(C4=[N+]([O-])C(C)(C)C(C)(C)N4[O])cc3)cc2)SC2=C3C(=C4SC(c5ccc(-c6ccc(C7=[N+]([O-])C(C)(C)C(C)(C)N7[O])cc6)cc5)=C(C)[C@@]4(C)[C@]12C)C(F)(F)C(F)(F)C3(F)F. The molecule has 2 atom stereocenters. The Morgan fingerprint density at radius 3 is 0.901 bits per heavy atom. The van der Waals surface area contributed by atoms with Crippen LogP contribution in [0.25, 0.3) is 32.1 Å². The van der Waals surface area contributed by atoms with Gasteiger partial charge in [-0.3, -0.25) is 9.48 Å². The highest BCUT2D eigenvalue weighted by Crippen LogP contribution is 2.81. The van der Waals surface area contributed by atoms with Gasteiger partial charge in [0.2, 0.25) is 0 Å². The summed E-state index contributed by atoms with van der Waals surface area (Å²) in [7, 11) is 0. The first-order valence-electron chi connectivity index (χ1n) is 23.3. The molecule has 10 rings (SSSR count). The number of nitrogens with zero attached hydrogens (tertiary/aromatic N) is 4. The minimum Gasteiger partial charge on any atom is -0.714 e. The number of allylic oxidation sites excluding steroid dienone is 6. The van der Waals surface area contributed by atoms with Crippen molar-refractivity contribution in [2.24, 2.45) is 10.8 Å². The fraction of sp³-hybridized carbons (Fsp3) is 0.382. The van der Waals surface area contributed by atoms with E-state index in [1.807, 2.05) is 24.3 Å². The smallest absolute Gasteiger partial charge is 0.380 e. The summed E-state index contributed by atoms with van der Waals surface area (Å²) >= 11 is 1.68. The lowest BCUT2D eigenvalue weighted by Crippen LogP contribution is -2.53. The van der Waals surface area contributed by atoms with E-state index >= 15 is 26.3 Å². The molecule has 8 nitrogen and oxygen atoms in total. The van der Waals surface area contributed by atoms with E-state index in [0.717, 1.165) is 65.4 Å². The second-order valence-corrected chi connectivity index (χ2v) is 23.9. The molecule has 4 aromatic carbocycles. The van der Waals surface area contributed by atoms with Crippen molar-refractivity contribution >= 4 is 45.0 Å². The maximum atomic E-state index is 16.4. The first kappa shape index (κ1) is 49.2. The topological polar surface area (TPSA) is 98.4 Å². The lowest BCUT2D eigenvalue weighted by atomic mass is 9.54. The maximum absolute atomic E-state index is 16.4. The number of hydrogen-bond acceptors (Lipinski definition) is 6. The predicted octanol–water partition coefficient (Wildman–Crippen LogP) is 14.1. The van der Waals surface area contributed by atoms with Gasteiger partial charge in [-0.25, -0.2) is 0 Å². The van der Waals surface area contributed by atoms with Crippen molar-refractivity contribution in [1.82, 2.24) is 10.1 Å². The average molecular weight is 1010 g/mol. The summed E-state index contributed by atoms with van der Waals surface area (Å²) in [6.07, 6.45) is 0. The molecule has 2 aliphatic carbocycles. The molecule has 1 fully saturated rings. The Kier molecular flexibility index (Phi) is 10.3. The monoisotopic (exact) mass is 1010 g/mol. The zero-order valence-corrected chi connectivity index (χ0v) is 42.9. The van der Waals surface area contributed by atoms with E-state index in [0.29, 0.717) is 43.2 Å². The first-order valence-corrected chi connectivity index (χ1v) is 24.9.